The average Bonchev–Trinajstić information content (AvgIpc) is 2.38. The first-order valence-electron chi connectivity index (χ1n) is 6.05. The summed E-state index contributed by atoms with van der Waals surface area (Å²) in [5.41, 5.74) is 7.31. The van der Waals surface area contributed by atoms with Crippen molar-refractivity contribution in [3.8, 4) is 0 Å². The maximum absolute atomic E-state index is 11.1. The summed E-state index contributed by atoms with van der Waals surface area (Å²) in [6, 6.07) is 5.93. The highest BCUT2D eigenvalue weighted by molar-refractivity contribution is 9.10. The number of hydrogen-bond acceptors (Lipinski definition) is 3. The van der Waals surface area contributed by atoms with Crippen LogP contribution in [0, 0.1) is 5.92 Å². The Labute approximate surface area is 115 Å². The number of nitrogens with zero attached hydrogens (tertiary/aromatic N) is 1. The number of hydrogen-bond donors (Lipinski definition) is 2. The molecule has 0 aliphatic carbocycles. The first-order valence-corrected chi connectivity index (χ1v) is 6.84. The molecule has 3 N–H and O–H groups in total. The van der Waals surface area contributed by atoms with Gasteiger partial charge in [-0.25, -0.2) is 0 Å². The number of aliphatic hydroxyl groups is 1. The van der Waals surface area contributed by atoms with E-state index in [2.05, 4.69) is 20.8 Å². The molecule has 1 aliphatic heterocycles. The SMILES string of the molecule is NC(=O)C1CCN(c2ccc(CO)c(Br)c2)CC1. The third-order valence-electron chi connectivity index (χ3n) is 3.47. The molecule has 0 radical (unpaired) electrons. The third-order valence-corrected chi connectivity index (χ3v) is 4.21. The number of aliphatic hydroxyl groups excluding tert-OH is 1. The lowest BCUT2D eigenvalue weighted by molar-refractivity contribution is -0.122. The van der Waals surface area contributed by atoms with Gasteiger partial charge in [-0.3, -0.25) is 4.79 Å². The molecule has 4 nitrogen and oxygen atoms in total. The Morgan fingerprint density at radius 3 is 2.61 bits per heavy atom. The average molecular weight is 313 g/mol. The lowest BCUT2D eigenvalue weighted by Gasteiger charge is -2.32. The van der Waals surface area contributed by atoms with Gasteiger partial charge in [-0.15, -0.1) is 0 Å². The molecule has 18 heavy (non-hydrogen) atoms. The van der Waals surface area contributed by atoms with Crippen molar-refractivity contribution in [3.05, 3.63) is 28.2 Å². The van der Waals surface area contributed by atoms with E-state index < -0.39 is 0 Å². The van der Waals surface area contributed by atoms with Crippen LogP contribution in [0.25, 0.3) is 0 Å². The second-order valence-electron chi connectivity index (χ2n) is 4.60. The first-order chi connectivity index (χ1) is 8.61. The second kappa shape index (κ2) is 5.71. The van der Waals surface area contributed by atoms with Crippen molar-refractivity contribution in [1.82, 2.24) is 0 Å². The van der Waals surface area contributed by atoms with Gasteiger partial charge < -0.3 is 15.7 Å². The van der Waals surface area contributed by atoms with Gasteiger partial charge in [0.1, 0.15) is 0 Å². The molecule has 0 unspecified atom stereocenters. The second-order valence-corrected chi connectivity index (χ2v) is 5.45. The van der Waals surface area contributed by atoms with Crippen LogP contribution >= 0.6 is 15.9 Å². The summed E-state index contributed by atoms with van der Waals surface area (Å²) in [4.78, 5) is 13.3. The zero-order valence-corrected chi connectivity index (χ0v) is 11.7. The molecule has 1 aromatic rings. The van der Waals surface area contributed by atoms with E-state index in [9.17, 15) is 4.79 Å². The zero-order valence-electron chi connectivity index (χ0n) is 10.1. The molecule has 1 aliphatic rings. The van der Waals surface area contributed by atoms with Gasteiger partial charge in [0.25, 0.3) is 0 Å². The standard InChI is InChI=1S/C13H17BrN2O2/c14-12-7-11(2-1-10(12)8-17)16-5-3-9(4-6-16)13(15)18/h1-2,7,9,17H,3-6,8H2,(H2,15,18). The maximum atomic E-state index is 11.1. The molecule has 0 aromatic heterocycles. The molecule has 2 rings (SSSR count). The Balaban J connectivity index is 2.05. The first kappa shape index (κ1) is 13.4. The van der Waals surface area contributed by atoms with Gasteiger partial charge >= 0.3 is 0 Å². The maximum Gasteiger partial charge on any atom is 0.220 e. The minimum atomic E-state index is -0.188. The number of benzene rings is 1. The van der Waals surface area contributed by atoms with Crippen molar-refractivity contribution >= 4 is 27.5 Å². The lowest BCUT2D eigenvalue weighted by atomic mass is 9.96. The zero-order chi connectivity index (χ0) is 13.1. The van der Waals surface area contributed by atoms with Crippen molar-refractivity contribution in [2.24, 2.45) is 11.7 Å². The smallest absolute Gasteiger partial charge is 0.220 e. The number of primary amides is 1. The van der Waals surface area contributed by atoms with Gasteiger partial charge in [-0.05, 0) is 30.5 Å². The van der Waals surface area contributed by atoms with Crippen LogP contribution < -0.4 is 10.6 Å². The summed E-state index contributed by atoms with van der Waals surface area (Å²) in [5.74, 6) is -0.173. The molecular formula is C13H17BrN2O2. The van der Waals surface area contributed by atoms with Crippen LogP contribution in [0.2, 0.25) is 0 Å². The Hall–Kier alpha value is -1.07. The van der Waals surface area contributed by atoms with Crippen molar-refractivity contribution < 1.29 is 9.90 Å². The summed E-state index contributed by atoms with van der Waals surface area (Å²) in [6.07, 6.45) is 1.63. The minimum Gasteiger partial charge on any atom is -0.392 e. The van der Waals surface area contributed by atoms with E-state index in [1.165, 1.54) is 0 Å². The van der Waals surface area contributed by atoms with Crippen LogP contribution in [0.5, 0.6) is 0 Å². The van der Waals surface area contributed by atoms with E-state index in [-0.39, 0.29) is 18.4 Å². The largest absolute Gasteiger partial charge is 0.392 e. The normalized spacial score (nSPS) is 16.9. The summed E-state index contributed by atoms with van der Waals surface area (Å²) in [5, 5.41) is 9.12. The Morgan fingerprint density at radius 2 is 2.11 bits per heavy atom. The number of carbonyl (C=O) groups excluding carboxylic acids is 1. The van der Waals surface area contributed by atoms with Crippen LogP contribution in [0.1, 0.15) is 18.4 Å². The summed E-state index contributed by atoms with van der Waals surface area (Å²) >= 11 is 3.45. The summed E-state index contributed by atoms with van der Waals surface area (Å²) < 4.78 is 0.916. The molecular weight excluding hydrogens is 296 g/mol. The van der Waals surface area contributed by atoms with Crippen molar-refractivity contribution in [3.63, 3.8) is 0 Å². The number of halogens is 1. The Morgan fingerprint density at radius 1 is 1.44 bits per heavy atom. The predicted molar refractivity (Wildman–Crippen MR) is 74.2 cm³/mol. The van der Waals surface area contributed by atoms with E-state index in [0.717, 1.165) is 41.7 Å². The van der Waals surface area contributed by atoms with E-state index in [4.69, 9.17) is 10.8 Å². The minimum absolute atomic E-state index is 0.0152. The lowest BCUT2D eigenvalue weighted by Crippen LogP contribution is -2.38. The summed E-state index contributed by atoms with van der Waals surface area (Å²) in [7, 11) is 0. The topological polar surface area (TPSA) is 66.6 Å². The predicted octanol–water partition coefficient (Wildman–Crippen LogP) is 1.64. The molecule has 0 atom stereocenters. The van der Waals surface area contributed by atoms with E-state index in [0.29, 0.717) is 0 Å². The molecule has 5 heteroatoms. The molecule has 98 valence electrons. The van der Waals surface area contributed by atoms with Gasteiger partial charge in [0, 0.05) is 29.2 Å². The molecule has 1 saturated heterocycles. The van der Waals surface area contributed by atoms with Crippen molar-refractivity contribution in [1.29, 1.82) is 0 Å². The van der Waals surface area contributed by atoms with E-state index in [1.807, 2.05) is 18.2 Å². The van der Waals surface area contributed by atoms with Gasteiger partial charge in [0.05, 0.1) is 6.61 Å². The fourth-order valence-corrected chi connectivity index (χ4v) is 2.78. The highest BCUT2D eigenvalue weighted by atomic mass is 79.9. The van der Waals surface area contributed by atoms with Crippen molar-refractivity contribution in [2.45, 2.75) is 19.4 Å². The van der Waals surface area contributed by atoms with Gasteiger partial charge in [-0.1, -0.05) is 22.0 Å². The highest BCUT2D eigenvalue weighted by Crippen LogP contribution is 2.27. The van der Waals surface area contributed by atoms with Crippen LogP contribution in [-0.2, 0) is 11.4 Å². The van der Waals surface area contributed by atoms with Crippen LogP contribution in [0.4, 0.5) is 5.69 Å². The number of amides is 1. The Bertz CT molecular complexity index is 443. The fourth-order valence-electron chi connectivity index (χ4n) is 2.28. The number of nitrogens with two attached hydrogens (primary N) is 1. The molecule has 1 aromatic carbocycles. The van der Waals surface area contributed by atoms with E-state index in [1.54, 1.807) is 0 Å². The summed E-state index contributed by atoms with van der Waals surface area (Å²) in [6.45, 7) is 1.72. The number of piperidine rings is 1. The van der Waals surface area contributed by atoms with Gasteiger partial charge in [0.2, 0.25) is 5.91 Å². The monoisotopic (exact) mass is 312 g/mol. The fraction of sp³-hybridized carbons (Fsp3) is 0.462. The molecule has 0 bridgehead atoms. The van der Waals surface area contributed by atoms with Crippen molar-refractivity contribution in [2.75, 3.05) is 18.0 Å². The number of carbonyl (C=O) groups is 1. The van der Waals surface area contributed by atoms with E-state index >= 15 is 0 Å². The van der Waals surface area contributed by atoms with Gasteiger partial charge in [-0.2, -0.15) is 0 Å². The molecule has 1 heterocycles. The quantitative estimate of drug-likeness (QED) is 0.891. The number of anilines is 1. The number of rotatable bonds is 3. The van der Waals surface area contributed by atoms with Gasteiger partial charge in [0.15, 0.2) is 0 Å². The van der Waals surface area contributed by atoms with Crippen LogP contribution in [0.15, 0.2) is 22.7 Å². The third kappa shape index (κ3) is 2.84. The molecule has 0 saturated carbocycles. The molecule has 1 fully saturated rings. The Kier molecular flexibility index (Phi) is 4.24. The molecule has 0 spiro atoms. The highest BCUT2D eigenvalue weighted by Gasteiger charge is 2.23. The molecule has 1 amide bonds. The van der Waals surface area contributed by atoms with Crippen LogP contribution in [-0.4, -0.2) is 24.1 Å². The van der Waals surface area contributed by atoms with Crippen LogP contribution in [0.3, 0.4) is 0 Å².